The van der Waals surface area contributed by atoms with Crippen LogP contribution in [0.4, 0.5) is 10.5 Å². The van der Waals surface area contributed by atoms with Crippen LogP contribution in [0, 0.1) is 5.41 Å². The molecule has 3 heterocycles. The molecule has 2 saturated heterocycles. The van der Waals surface area contributed by atoms with E-state index in [0.29, 0.717) is 19.5 Å². The zero-order chi connectivity index (χ0) is 24.0. The molecule has 2 aliphatic heterocycles. The van der Waals surface area contributed by atoms with E-state index >= 15 is 0 Å². The van der Waals surface area contributed by atoms with E-state index in [2.05, 4.69) is 43.2 Å². The highest BCUT2D eigenvalue weighted by molar-refractivity contribution is 6.20. The highest BCUT2D eigenvalue weighted by atomic mass is 16.2. The molecule has 2 aromatic rings. The summed E-state index contributed by atoms with van der Waals surface area (Å²) in [5.41, 5.74) is 1.33. The fourth-order valence-electron chi connectivity index (χ4n) is 5.07. The van der Waals surface area contributed by atoms with Gasteiger partial charge in [0, 0.05) is 30.9 Å². The van der Waals surface area contributed by atoms with Crippen LogP contribution in [0.2, 0.25) is 0 Å². The van der Waals surface area contributed by atoms with Crippen LogP contribution in [0.5, 0.6) is 0 Å². The van der Waals surface area contributed by atoms with E-state index in [1.165, 1.54) is 6.42 Å². The minimum atomic E-state index is -1.35. The van der Waals surface area contributed by atoms with Gasteiger partial charge < -0.3 is 10.2 Å². The first-order valence-corrected chi connectivity index (χ1v) is 12.2. The fraction of sp³-hybridized carbons (Fsp3) is 0.542. The number of nitrogens with zero attached hydrogens (tertiary/aromatic N) is 3. The average Bonchev–Trinajstić information content (AvgIpc) is 3.38. The monoisotopic (exact) mass is 467 g/mol. The first kappa shape index (κ1) is 23.9. The molecule has 0 spiro atoms. The Hall–Kier alpha value is -3.27. The number of hydrogen-bond acceptors (Lipinski definition) is 7. The molecule has 0 radical (unpaired) electrons. The predicted octanol–water partition coefficient (Wildman–Crippen LogP) is 2.35. The predicted molar refractivity (Wildman–Crippen MR) is 128 cm³/mol. The standard InChI is InChI=1S/C24H33N7O3/c1-2-3-4-5-6-7-12-24(21(32)27-23(34)28-22(24)33)20-16-25-13-14-31(20)18-10-8-17(9-11-18)19-15-26-30-29-19/h8-11,15,20,25H,2-7,12-14,16H2,1H3,(H,26,29,30)(H2,27,28,32,33,34). The molecule has 1 aromatic heterocycles. The number of aromatic nitrogens is 3. The lowest BCUT2D eigenvalue weighted by atomic mass is 9.71. The van der Waals surface area contributed by atoms with Gasteiger partial charge in [-0.15, -0.1) is 5.10 Å². The quantitative estimate of drug-likeness (QED) is 0.311. The summed E-state index contributed by atoms with van der Waals surface area (Å²) in [4.78, 5) is 40.7. The van der Waals surface area contributed by atoms with Crippen molar-refractivity contribution in [1.82, 2.24) is 31.4 Å². The van der Waals surface area contributed by atoms with E-state index in [9.17, 15) is 14.4 Å². The molecule has 182 valence electrons. The lowest BCUT2D eigenvalue weighted by Crippen LogP contribution is -2.72. The Kier molecular flexibility index (Phi) is 7.56. The number of hydrogen-bond donors (Lipinski definition) is 4. The number of imide groups is 2. The molecular formula is C24H33N7O3. The molecule has 10 nitrogen and oxygen atoms in total. The number of carbonyl (C=O) groups excluding carboxylic acids is 3. The molecule has 4 N–H and O–H groups in total. The smallest absolute Gasteiger partial charge is 0.328 e. The van der Waals surface area contributed by atoms with Crippen molar-refractivity contribution in [2.75, 3.05) is 24.5 Å². The van der Waals surface area contributed by atoms with E-state index < -0.39 is 29.3 Å². The summed E-state index contributed by atoms with van der Waals surface area (Å²) in [6.07, 6.45) is 8.31. The van der Waals surface area contributed by atoms with Crippen LogP contribution in [0.1, 0.15) is 51.9 Å². The number of benzene rings is 1. The minimum Gasteiger partial charge on any atom is -0.364 e. The molecule has 0 saturated carbocycles. The molecule has 4 rings (SSSR count). The van der Waals surface area contributed by atoms with Crippen molar-refractivity contribution < 1.29 is 14.4 Å². The van der Waals surface area contributed by atoms with E-state index in [0.717, 1.165) is 55.6 Å². The molecule has 0 aliphatic carbocycles. The van der Waals surface area contributed by atoms with Crippen LogP contribution in [-0.4, -0.2) is 58.9 Å². The minimum absolute atomic E-state index is 0.394. The zero-order valence-electron chi connectivity index (χ0n) is 19.6. The summed E-state index contributed by atoms with van der Waals surface area (Å²) in [5.74, 6) is -1.01. The Morgan fingerprint density at radius 2 is 1.71 bits per heavy atom. The number of carbonyl (C=O) groups is 3. The van der Waals surface area contributed by atoms with Gasteiger partial charge in [0.1, 0.15) is 5.41 Å². The van der Waals surface area contributed by atoms with Crippen LogP contribution in [0.25, 0.3) is 11.3 Å². The molecule has 1 aromatic carbocycles. The average molecular weight is 468 g/mol. The number of H-pyrrole nitrogens is 1. The second-order valence-electron chi connectivity index (χ2n) is 9.06. The summed E-state index contributed by atoms with van der Waals surface area (Å²) >= 11 is 0. The number of piperazine rings is 1. The van der Waals surface area contributed by atoms with Gasteiger partial charge >= 0.3 is 6.03 Å². The molecule has 0 bridgehead atoms. The van der Waals surface area contributed by atoms with Crippen molar-refractivity contribution in [1.29, 1.82) is 0 Å². The Balaban J connectivity index is 1.60. The third-order valence-corrected chi connectivity index (χ3v) is 6.93. The second-order valence-corrected chi connectivity index (χ2v) is 9.06. The van der Waals surface area contributed by atoms with Gasteiger partial charge in [-0.25, -0.2) is 4.79 Å². The number of nitrogens with one attached hydrogen (secondary N) is 4. The summed E-state index contributed by atoms with van der Waals surface area (Å²) in [7, 11) is 0. The van der Waals surface area contributed by atoms with Crippen molar-refractivity contribution in [3.05, 3.63) is 30.5 Å². The maximum absolute atomic E-state index is 13.3. The summed E-state index contributed by atoms with van der Waals surface area (Å²) in [6, 6.07) is 6.72. The number of barbiturate groups is 1. The summed E-state index contributed by atoms with van der Waals surface area (Å²) in [5, 5.41) is 18.5. The normalized spacial score (nSPS) is 20.2. The largest absolute Gasteiger partial charge is 0.364 e. The maximum atomic E-state index is 13.3. The number of rotatable bonds is 10. The summed E-state index contributed by atoms with van der Waals surface area (Å²) < 4.78 is 0. The van der Waals surface area contributed by atoms with Gasteiger partial charge in [-0.3, -0.25) is 25.3 Å². The van der Waals surface area contributed by atoms with Gasteiger partial charge in [-0.05, 0) is 18.6 Å². The van der Waals surface area contributed by atoms with Gasteiger partial charge in [0.15, 0.2) is 0 Å². The van der Waals surface area contributed by atoms with Gasteiger partial charge in [-0.2, -0.15) is 0 Å². The van der Waals surface area contributed by atoms with Gasteiger partial charge in [0.25, 0.3) is 0 Å². The Bertz CT molecular complexity index is 971. The number of unbranched alkanes of at least 4 members (excludes halogenated alkanes) is 5. The first-order chi connectivity index (χ1) is 16.6. The third-order valence-electron chi connectivity index (χ3n) is 6.93. The second kappa shape index (κ2) is 10.8. The van der Waals surface area contributed by atoms with Crippen LogP contribution in [0.3, 0.4) is 0 Å². The third kappa shape index (κ3) is 4.82. The van der Waals surface area contributed by atoms with E-state index in [4.69, 9.17) is 0 Å². The molecule has 34 heavy (non-hydrogen) atoms. The lowest BCUT2D eigenvalue weighted by Gasteiger charge is -2.48. The van der Waals surface area contributed by atoms with E-state index in [-0.39, 0.29) is 0 Å². The molecule has 2 fully saturated rings. The number of aromatic amines is 1. The highest BCUT2D eigenvalue weighted by Crippen LogP contribution is 2.38. The fourth-order valence-corrected chi connectivity index (χ4v) is 5.07. The summed E-state index contributed by atoms with van der Waals surface area (Å²) in [6.45, 7) is 4.02. The lowest BCUT2D eigenvalue weighted by molar-refractivity contribution is -0.147. The van der Waals surface area contributed by atoms with E-state index in [1.54, 1.807) is 6.20 Å². The SMILES string of the molecule is CCCCCCCCC1(C2CNCCN2c2ccc(-c3cnn[nH]3)cc2)C(=O)NC(=O)NC1=O. The van der Waals surface area contributed by atoms with Crippen molar-refractivity contribution in [3.63, 3.8) is 0 Å². The zero-order valence-corrected chi connectivity index (χ0v) is 19.6. The highest BCUT2D eigenvalue weighted by Gasteiger charge is 2.57. The van der Waals surface area contributed by atoms with Gasteiger partial charge in [-0.1, -0.05) is 62.8 Å². The molecule has 10 heteroatoms. The Morgan fingerprint density at radius 3 is 2.38 bits per heavy atom. The molecule has 4 amide bonds. The van der Waals surface area contributed by atoms with Crippen molar-refractivity contribution in [3.8, 4) is 11.3 Å². The van der Waals surface area contributed by atoms with Crippen LogP contribution in [0.15, 0.2) is 30.5 Å². The Labute approximate surface area is 199 Å². The topological polar surface area (TPSA) is 132 Å². The van der Waals surface area contributed by atoms with Crippen LogP contribution < -0.4 is 20.9 Å². The maximum Gasteiger partial charge on any atom is 0.328 e. The van der Waals surface area contributed by atoms with Crippen LogP contribution in [-0.2, 0) is 9.59 Å². The molecule has 1 unspecified atom stereocenters. The van der Waals surface area contributed by atoms with E-state index in [1.807, 2.05) is 24.3 Å². The van der Waals surface area contributed by atoms with Crippen molar-refractivity contribution >= 4 is 23.5 Å². The van der Waals surface area contributed by atoms with Crippen LogP contribution >= 0.6 is 0 Å². The Morgan fingerprint density at radius 1 is 1.00 bits per heavy atom. The number of anilines is 1. The number of amides is 4. The van der Waals surface area contributed by atoms with Gasteiger partial charge in [0.05, 0.1) is 17.9 Å². The molecule has 2 aliphatic rings. The van der Waals surface area contributed by atoms with Gasteiger partial charge in [0.2, 0.25) is 11.8 Å². The molecular weight excluding hydrogens is 434 g/mol. The van der Waals surface area contributed by atoms with Crippen molar-refractivity contribution in [2.45, 2.75) is 57.9 Å². The number of urea groups is 1. The first-order valence-electron chi connectivity index (χ1n) is 12.2. The molecule has 1 atom stereocenters. The van der Waals surface area contributed by atoms with Crippen molar-refractivity contribution in [2.24, 2.45) is 5.41 Å².